The quantitative estimate of drug-likeness (QED) is 0.343. The molecule has 0 spiro atoms. The third-order valence-electron chi connectivity index (χ3n) is 3.54. The monoisotopic (exact) mass is 348 g/mol. The number of benzene rings is 1. The van der Waals surface area contributed by atoms with Gasteiger partial charge in [0.1, 0.15) is 12.4 Å². The highest BCUT2D eigenvalue weighted by Gasteiger charge is 2.04. The van der Waals surface area contributed by atoms with Crippen molar-refractivity contribution < 1.29 is 9.47 Å². The molecule has 0 aromatic heterocycles. The van der Waals surface area contributed by atoms with Crippen LogP contribution in [0.5, 0.6) is 5.75 Å². The van der Waals surface area contributed by atoms with Gasteiger partial charge in [0.15, 0.2) is 5.96 Å². The SMILES string of the molecule is C=CCOc1ccccc1CN=C(NCC)NCCN(C)CCOC. The van der Waals surface area contributed by atoms with Gasteiger partial charge in [0.05, 0.1) is 13.2 Å². The molecule has 0 radical (unpaired) electrons. The van der Waals surface area contributed by atoms with Crippen molar-refractivity contribution >= 4 is 5.96 Å². The molecule has 6 nitrogen and oxygen atoms in total. The zero-order chi connectivity index (χ0) is 18.3. The minimum atomic E-state index is 0.493. The Morgan fingerprint density at radius 2 is 2.08 bits per heavy atom. The third kappa shape index (κ3) is 9.12. The molecule has 0 aliphatic heterocycles. The average molecular weight is 348 g/mol. The van der Waals surface area contributed by atoms with Crippen molar-refractivity contribution in [1.29, 1.82) is 0 Å². The van der Waals surface area contributed by atoms with Crippen molar-refractivity contribution in [1.82, 2.24) is 15.5 Å². The number of nitrogens with zero attached hydrogens (tertiary/aromatic N) is 2. The van der Waals surface area contributed by atoms with E-state index in [0.29, 0.717) is 13.2 Å². The summed E-state index contributed by atoms with van der Waals surface area (Å²) in [5.74, 6) is 1.66. The van der Waals surface area contributed by atoms with Gasteiger partial charge < -0.3 is 25.0 Å². The number of hydrogen-bond acceptors (Lipinski definition) is 4. The number of nitrogens with one attached hydrogen (secondary N) is 2. The van der Waals surface area contributed by atoms with Crippen LogP contribution < -0.4 is 15.4 Å². The summed E-state index contributed by atoms with van der Waals surface area (Å²) < 4.78 is 10.8. The van der Waals surface area contributed by atoms with Gasteiger partial charge in [-0.3, -0.25) is 0 Å². The minimum absolute atomic E-state index is 0.493. The number of hydrogen-bond donors (Lipinski definition) is 2. The van der Waals surface area contributed by atoms with Crippen molar-refractivity contribution in [3.05, 3.63) is 42.5 Å². The molecule has 0 saturated heterocycles. The summed E-state index contributed by atoms with van der Waals surface area (Å²) in [6, 6.07) is 7.95. The number of likely N-dealkylation sites (N-methyl/N-ethyl adjacent to an activating group) is 1. The second kappa shape index (κ2) is 13.3. The van der Waals surface area contributed by atoms with Gasteiger partial charge in [0, 0.05) is 38.9 Å². The summed E-state index contributed by atoms with van der Waals surface area (Å²) in [4.78, 5) is 6.88. The van der Waals surface area contributed by atoms with Crippen LogP contribution in [0.1, 0.15) is 12.5 Å². The van der Waals surface area contributed by atoms with E-state index < -0.39 is 0 Å². The van der Waals surface area contributed by atoms with E-state index in [-0.39, 0.29) is 0 Å². The van der Waals surface area contributed by atoms with Crippen molar-refractivity contribution in [2.24, 2.45) is 4.99 Å². The van der Waals surface area contributed by atoms with E-state index in [1.54, 1.807) is 13.2 Å². The molecule has 0 atom stereocenters. The highest BCUT2D eigenvalue weighted by atomic mass is 16.5. The van der Waals surface area contributed by atoms with Gasteiger partial charge in [-0.25, -0.2) is 4.99 Å². The predicted octanol–water partition coefficient (Wildman–Crippen LogP) is 1.88. The van der Waals surface area contributed by atoms with Crippen molar-refractivity contribution in [3.8, 4) is 5.75 Å². The topological polar surface area (TPSA) is 58.1 Å². The van der Waals surface area contributed by atoms with Crippen LogP contribution in [0.3, 0.4) is 0 Å². The Hall–Kier alpha value is -2.05. The van der Waals surface area contributed by atoms with E-state index in [1.165, 1.54) is 0 Å². The molecular formula is C19H32N4O2. The first-order valence-electron chi connectivity index (χ1n) is 8.72. The molecule has 140 valence electrons. The van der Waals surface area contributed by atoms with Crippen LogP contribution in [0.4, 0.5) is 0 Å². The molecule has 0 heterocycles. The van der Waals surface area contributed by atoms with Crippen LogP contribution in [0.15, 0.2) is 41.9 Å². The fourth-order valence-electron chi connectivity index (χ4n) is 2.15. The maximum atomic E-state index is 5.68. The molecule has 0 saturated carbocycles. The van der Waals surface area contributed by atoms with Crippen LogP contribution in [-0.4, -0.2) is 64.4 Å². The number of rotatable bonds is 12. The van der Waals surface area contributed by atoms with Gasteiger partial charge in [-0.15, -0.1) is 0 Å². The Morgan fingerprint density at radius 3 is 2.80 bits per heavy atom. The highest BCUT2D eigenvalue weighted by molar-refractivity contribution is 5.79. The lowest BCUT2D eigenvalue weighted by molar-refractivity contribution is 0.162. The molecule has 1 rings (SSSR count). The molecule has 1 aromatic carbocycles. The van der Waals surface area contributed by atoms with Crippen LogP contribution >= 0.6 is 0 Å². The summed E-state index contributed by atoms with van der Waals surface area (Å²) >= 11 is 0. The Labute approximate surface area is 151 Å². The maximum Gasteiger partial charge on any atom is 0.191 e. The smallest absolute Gasteiger partial charge is 0.191 e. The molecule has 6 heteroatoms. The molecular weight excluding hydrogens is 316 g/mol. The van der Waals surface area contributed by atoms with Gasteiger partial charge in [-0.2, -0.15) is 0 Å². The molecule has 0 bridgehead atoms. The normalized spacial score (nSPS) is 11.4. The molecule has 0 amide bonds. The fraction of sp³-hybridized carbons (Fsp3) is 0.526. The zero-order valence-electron chi connectivity index (χ0n) is 15.8. The number of para-hydroxylation sites is 1. The van der Waals surface area contributed by atoms with Crippen LogP contribution in [0.2, 0.25) is 0 Å². The Bertz CT molecular complexity index is 520. The number of aliphatic imine (C=N–C) groups is 1. The van der Waals surface area contributed by atoms with Crippen molar-refractivity contribution in [2.45, 2.75) is 13.5 Å². The van der Waals surface area contributed by atoms with E-state index in [4.69, 9.17) is 9.47 Å². The van der Waals surface area contributed by atoms with Crippen LogP contribution in [0.25, 0.3) is 0 Å². The Kier molecular flexibility index (Phi) is 11.1. The van der Waals surface area contributed by atoms with Gasteiger partial charge in [-0.05, 0) is 20.0 Å². The molecule has 2 N–H and O–H groups in total. The Balaban J connectivity index is 2.56. The minimum Gasteiger partial charge on any atom is -0.489 e. The summed E-state index contributed by atoms with van der Waals surface area (Å²) in [6.07, 6.45) is 1.74. The summed E-state index contributed by atoms with van der Waals surface area (Å²) in [5, 5.41) is 6.63. The van der Waals surface area contributed by atoms with Gasteiger partial charge in [0.25, 0.3) is 0 Å². The number of guanidine groups is 1. The Morgan fingerprint density at radius 1 is 1.28 bits per heavy atom. The standard InChI is InChI=1S/C19H32N4O2/c1-5-14-25-18-10-8-7-9-17(18)16-22-19(20-6-2)21-11-12-23(3)13-15-24-4/h5,7-10H,1,6,11-16H2,2-4H3,(H2,20,21,22). The summed E-state index contributed by atoms with van der Waals surface area (Å²) in [6.45, 7) is 11.0. The van der Waals surface area contributed by atoms with Gasteiger partial charge in [-0.1, -0.05) is 30.9 Å². The fourth-order valence-corrected chi connectivity index (χ4v) is 2.15. The van der Waals surface area contributed by atoms with Crippen LogP contribution in [0, 0.1) is 0 Å². The number of methoxy groups -OCH3 is 1. The number of ether oxygens (including phenoxy) is 2. The van der Waals surface area contributed by atoms with Gasteiger partial charge >= 0.3 is 0 Å². The van der Waals surface area contributed by atoms with Crippen molar-refractivity contribution in [2.75, 3.05) is 53.6 Å². The van der Waals surface area contributed by atoms with Crippen molar-refractivity contribution in [3.63, 3.8) is 0 Å². The van der Waals surface area contributed by atoms with Gasteiger partial charge in [0.2, 0.25) is 0 Å². The summed E-state index contributed by atoms with van der Waals surface area (Å²) in [7, 11) is 3.80. The first-order valence-corrected chi connectivity index (χ1v) is 8.72. The van der Waals surface area contributed by atoms with Crippen LogP contribution in [-0.2, 0) is 11.3 Å². The van der Waals surface area contributed by atoms with E-state index >= 15 is 0 Å². The lowest BCUT2D eigenvalue weighted by Gasteiger charge is -2.18. The first kappa shape index (κ1) is 21.0. The molecule has 25 heavy (non-hydrogen) atoms. The second-order valence-electron chi connectivity index (χ2n) is 5.63. The first-order chi connectivity index (χ1) is 12.2. The van der Waals surface area contributed by atoms with E-state index in [9.17, 15) is 0 Å². The molecule has 0 aliphatic carbocycles. The predicted molar refractivity (Wildman–Crippen MR) is 104 cm³/mol. The molecule has 0 aliphatic rings. The lowest BCUT2D eigenvalue weighted by Crippen LogP contribution is -2.41. The largest absolute Gasteiger partial charge is 0.489 e. The maximum absolute atomic E-state index is 5.68. The van der Waals surface area contributed by atoms with E-state index in [2.05, 4.69) is 41.1 Å². The highest BCUT2D eigenvalue weighted by Crippen LogP contribution is 2.18. The average Bonchev–Trinajstić information content (AvgIpc) is 2.63. The summed E-state index contributed by atoms with van der Waals surface area (Å²) in [5.41, 5.74) is 1.05. The molecule has 0 fully saturated rings. The zero-order valence-corrected chi connectivity index (χ0v) is 15.8. The van der Waals surface area contributed by atoms with E-state index in [1.807, 2.05) is 24.3 Å². The lowest BCUT2D eigenvalue weighted by atomic mass is 10.2. The second-order valence-corrected chi connectivity index (χ2v) is 5.63. The molecule has 1 aromatic rings. The third-order valence-corrected chi connectivity index (χ3v) is 3.54. The van der Waals surface area contributed by atoms with E-state index in [0.717, 1.165) is 50.1 Å². The molecule has 0 unspecified atom stereocenters.